The van der Waals surface area contributed by atoms with Crippen LogP contribution in [0.5, 0.6) is 0 Å². The lowest BCUT2D eigenvalue weighted by Crippen LogP contribution is -2.54. The van der Waals surface area contributed by atoms with Crippen LogP contribution in [0.25, 0.3) is 0 Å². The van der Waals surface area contributed by atoms with Gasteiger partial charge in [-0.2, -0.15) is 0 Å². The van der Waals surface area contributed by atoms with Crippen LogP contribution in [0, 0.1) is 10.8 Å². The molecule has 1 heterocycles. The first-order chi connectivity index (χ1) is 13.9. The zero-order chi connectivity index (χ0) is 22.9. The van der Waals surface area contributed by atoms with E-state index in [4.69, 9.17) is 0 Å². The van der Waals surface area contributed by atoms with Gasteiger partial charge in [0.1, 0.15) is 0 Å². The first-order valence-electron chi connectivity index (χ1n) is 11.8. The molecule has 30 heavy (non-hydrogen) atoms. The lowest BCUT2D eigenvalue weighted by molar-refractivity contribution is 0.341. The fraction of sp³-hybridized carbons (Fsp3) is 0.875. The third-order valence-corrected chi connectivity index (χ3v) is 5.49. The van der Waals surface area contributed by atoms with Crippen LogP contribution >= 0.6 is 0 Å². The highest BCUT2D eigenvalue weighted by Crippen LogP contribution is 2.22. The van der Waals surface area contributed by atoms with Crippen molar-refractivity contribution in [2.24, 2.45) is 10.8 Å². The van der Waals surface area contributed by atoms with Crippen molar-refractivity contribution in [2.75, 3.05) is 0 Å². The van der Waals surface area contributed by atoms with E-state index in [1.807, 2.05) is 0 Å². The van der Waals surface area contributed by atoms with Crippen molar-refractivity contribution < 1.29 is 0 Å². The number of rotatable bonds is 12. The topological polar surface area (TPSA) is 66.0 Å². The first-order valence-corrected chi connectivity index (χ1v) is 11.8. The number of hydrogen-bond donors (Lipinski definition) is 0. The molecule has 0 aliphatic rings. The molecule has 1 aromatic heterocycles. The van der Waals surface area contributed by atoms with Gasteiger partial charge in [-0.05, 0) is 42.9 Å². The van der Waals surface area contributed by atoms with Crippen molar-refractivity contribution in [1.29, 1.82) is 0 Å². The molecule has 0 saturated heterocycles. The lowest BCUT2D eigenvalue weighted by Gasteiger charge is -2.19. The summed E-state index contributed by atoms with van der Waals surface area (Å²) in [5.74, 6) is 0. The van der Waals surface area contributed by atoms with Crippen LogP contribution in [-0.2, 0) is 19.6 Å². The average Bonchev–Trinajstić information content (AvgIpc) is 2.61. The van der Waals surface area contributed by atoms with Crippen LogP contribution in [0.1, 0.15) is 106 Å². The van der Waals surface area contributed by atoms with Gasteiger partial charge in [0.2, 0.25) is 0 Å². The van der Waals surface area contributed by atoms with E-state index >= 15 is 0 Å². The van der Waals surface area contributed by atoms with E-state index in [2.05, 4.69) is 48.5 Å². The van der Waals surface area contributed by atoms with E-state index in [0.29, 0.717) is 19.6 Å². The summed E-state index contributed by atoms with van der Waals surface area (Å²) in [6, 6.07) is 0. The summed E-state index contributed by atoms with van der Waals surface area (Å²) in [6.45, 7) is 16.4. The van der Waals surface area contributed by atoms with E-state index in [9.17, 15) is 14.4 Å². The van der Waals surface area contributed by atoms with E-state index in [1.54, 1.807) is 0 Å². The van der Waals surface area contributed by atoms with Crippen LogP contribution in [0.3, 0.4) is 0 Å². The van der Waals surface area contributed by atoms with Crippen LogP contribution in [-0.4, -0.2) is 13.7 Å². The summed E-state index contributed by atoms with van der Waals surface area (Å²) in [6.07, 6.45) is 8.28. The molecule has 1 aromatic rings. The first kappa shape index (κ1) is 26.4. The third-order valence-electron chi connectivity index (χ3n) is 5.49. The Labute approximate surface area is 182 Å². The highest BCUT2D eigenvalue weighted by Gasteiger charge is 2.16. The second-order valence-electron chi connectivity index (χ2n) is 11.0. The number of hydrogen-bond acceptors (Lipinski definition) is 3. The normalized spacial score (nSPS) is 12.5. The van der Waals surface area contributed by atoms with Gasteiger partial charge in [0.15, 0.2) is 0 Å². The van der Waals surface area contributed by atoms with Crippen LogP contribution < -0.4 is 17.1 Å². The molecule has 0 saturated carbocycles. The predicted octanol–water partition coefficient (Wildman–Crippen LogP) is 4.79. The largest absolute Gasteiger partial charge is 0.336 e. The summed E-state index contributed by atoms with van der Waals surface area (Å²) in [5, 5.41) is 0. The fourth-order valence-electron chi connectivity index (χ4n) is 3.63. The minimum atomic E-state index is -0.442. The Morgan fingerprint density at radius 1 is 0.533 bits per heavy atom. The second kappa shape index (κ2) is 11.7. The summed E-state index contributed by atoms with van der Waals surface area (Å²) in [7, 11) is 0. The summed E-state index contributed by atoms with van der Waals surface area (Å²) >= 11 is 0. The van der Waals surface area contributed by atoms with Gasteiger partial charge < -0.3 is 0 Å². The smallest absolute Gasteiger partial charge is 0.247 e. The number of nitrogens with zero attached hydrogens (tertiary/aromatic N) is 3. The van der Waals surface area contributed by atoms with Gasteiger partial charge in [-0.1, -0.05) is 74.1 Å². The minimum Gasteiger partial charge on any atom is -0.247 e. The third kappa shape index (κ3) is 9.05. The van der Waals surface area contributed by atoms with Crippen LogP contribution in [0.15, 0.2) is 14.4 Å². The lowest BCUT2D eigenvalue weighted by atomic mass is 9.90. The van der Waals surface area contributed by atoms with Gasteiger partial charge in [-0.15, -0.1) is 0 Å². The van der Waals surface area contributed by atoms with Gasteiger partial charge in [-0.25, -0.2) is 28.1 Å². The van der Waals surface area contributed by atoms with Crippen molar-refractivity contribution in [3.05, 3.63) is 31.5 Å². The fourth-order valence-corrected chi connectivity index (χ4v) is 3.63. The van der Waals surface area contributed by atoms with Crippen molar-refractivity contribution in [3.63, 3.8) is 0 Å². The van der Waals surface area contributed by atoms with Gasteiger partial charge in [0, 0.05) is 19.6 Å². The monoisotopic (exact) mass is 423 g/mol. The summed E-state index contributed by atoms with van der Waals surface area (Å²) in [5.41, 5.74) is -0.859. The highest BCUT2D eigenvalue weighted by atomic mass is 16.2. The van der Waals surface area contributed by atoms with Crippen molar-refractivity contribution in [3.8, 4) is 0 Å². The van der Waals surface area contributed by atoms with Gasteiger partial charge in [0.05, 0.1) is 0 Å². The maximum Gasteiger partial charge on any atom is 0.336 e. The molecule has 0 aromatic carbocycles. The zero-order valence-electron chi connectivity index (χ0n) is 20.6. The zero-order valence-corrected chi connectivity index (χ0v) is 20.6. The van der Waals surface area contributed by atoms with Gasteiger partial charge in [0.25, 0.3) is 0 Å². The molecule has 1 rings (SSSR count). The van der Waals surface area contributed by atoms with Gasteiger partial charge >= 0.3 is 17.1 Å². The van der Waals surface area contributed by atoms with Crippen molar-refractivity contribution >= 4 is 0 Å². The molecule has 6 nitrogen and oxygen atoms in total. The second-order valence-corrected chi connectivity index (χ2v) is 11.0. The van der Waals surface area contributed by atoms with Crippen LogP contribution in [0.2, 0.25) is 0 Å². The summed E-state index contributed by atoms with van der Waals surface area (Å²) in [4.78, 5) is 38.8. The average molecular weight is 424 g/mol. The Bertz CT molecular complexity index is 756. The Balaban J connectivity index is 3.09. The molecule has 0 atom stereocenters. The highest BCUT2D eigenvalue weighted by molar-refractivity contribution is 4.80. The summed E-state index contributed by atoms with van der Waals surface area (Å²) < 4.78 is 3.87. The maximum atomic E-state index is 13.0. The molecule has 174 valence electrons. The molecule has 0 amide bonds. The molecule has 0 fully saturated rings. The molecule has 0 aliphatic heterocycles. The molecule has 0 aliphatic carbocycles. The Morgan fingerprint density at radius 2 is 0.833 bits per heavy atom. The van der Waals surface area contributed by atoms with Crippen molar-refractivity contribution in [2.45, 2.75) is 126 Å². The molecular formula is C24H45N3O3. The quantitative estimate of drug-likeness (QED) is 0.454. The Kier molecular flexibility index (Phi) is 10.3. The maximum absolute atomic E-state index is 13.0. The Hall–Kier alpha value is -1.59. The molecule has 0 bridgehead atoms. The standard InChI is InChI=1S/C24H45N3O3/c1-8-9-12-17-25-20(28)26(18-13-10-15-23(2,3)4)22(30)27(21(25)29)19-14-11-16-24(5,6)7/h8-19H2,1-7H3. The van der Waals surface area contributed by atoms with E-state index in [1.165, 1.54) is 13.7 Å². The molecule has 6 heteroatoms. The van der Waals surface area contributed by atoms with E-state index in [0.717, 1.165) is 57.8 Å². The molecule has 0 unspecified atom stereocenters. The van der Waals surface area contributed by atoms with Crippen LogP contribution in [0.4, 0.5) is 0 Å². The molecule has 0 radical (unpaired) electrons. The van der Waals surface area contributed by atoms with Crippen molar-refractivity contribution in [1.82, 2.24) is 13.7 Å². The SMILES string of the molecule is CCCCCn1c(=O)n(CCCCC(C)(C)C)c(=O)n(CCCCC(C)(C)C)c1=O. The molecule has 0 spiro atoms. The molecule has 0 N–H and O–H groups in total. The van der Waals surface area contributed by atoms with E-state index < -0.39 is 17.1 Å². The minimum absolute atomic E-state index is 0.233. The number of aromatic nitrogens is 3. The molecular weight excluding hydrogens is 378 g/mol. The Morgan fingerprint density at radius 3 is 1.10 bits per heavy atom. The van der Waals surface area contributed by atoms with E-state index in [-0.39, 0.29) is 10.8 Å². The van der Waals surface area contributed by atoms with Gasteiger partial charge in [-0.3, -0.25) is 0 Å². The predicted molar refractivity (Wildman–Crippen MR) is 125 cm³/mol. The number of unbranched alkanes of at least 4 members (excludes halogenated alkanes) is 4.